The van der Waals surface area contributed by atoms with Crippen LogP contribution in [0, 0.1) is 0 Å². The highest BCUT2D eigenvalue weighted by atomic mass is 16.5. The predicted molar refractivity (Wildman–Crippen MR) is 96.7 cm³/mol. The van der Waals surface area contributed by atoms with Gasteiger partial charge in [-0.15, -0.1) is 0 Å². The Bertz CT molecular complexity index is 933. The normalized spacial score (nSPS) is 15.8. The Kier molecular flexibility index (Phi) is 4.27. The average molecular weight is 346 g/mol. The third-order valence-electron chi connectivity index (χ3n) is 4.52. The van der Waals surface area contributed by atoms with Crippen LogP contribution < -0.4 is 5.32 Å². The molecule has 2 aromatic carbocycles. The van der Waals surface area contributed by atoms with Crippen LogP contribution in [0.15, 0.2) is 66.9 Å². The molecule has 0 radical (unpaired) electrons. The van der Waals surface area contributed by atoms with Crippen molar-refractivity contribution in [3.63, 3.8) is 0 Å². The fourth-order valence-corrected chi connectivity index (χ4v) is 3.15. The molecule has 2 heterocycles. The highest BCUT2D eigenvalue weighted by molar-refractivity contribution is 5.97. The lowest BCUT2D eigenvalue weighted by molar-refractivity contribution is 0.0252. The van der Waals surface area contributed by atoms with Crippen molar-refractivity contribution in [2.75, 3.05) is 0 Å². The highest BCUT2D eigenvalue weighted by Crippen LogP contribution is 2.31. The monoisotopic (exact) mass is 346 g/mol. The van der Waals surface area contributed by atoms with E-state index in [0.717, 1.165) is 16.8 Å². The minimum atomic E-state index is -0.349. The lowest BCUT2D eigenvalue weighted by atomic mass is 9.93. The number of hydrogen-bond acceptors (Lipinski definition) is 3. The number of fused-ring (bicyclic) bond motifs is 1. The predicted octanol–water partition coefficient (Wildman–Crippen LogP) is 3.40. The van der Waals surface area contributed by atoms with E-state index in [0.29, 0.717) is 24.1 Å². The van der Waals surface area contributed by atoms with Crippen molar-refractivity contribution in [3.05, 3.63) is 94.8 Å². The lowest BCUT2D eigenvalue weighted by Gasteiger charge is -2.25. The summed E-state index contributed by atoms with van der Waals surface area (Å²) in [5.41, 5.74) is 3.79. The highest BCUT2D eigenvalue weighted by Gasteiger charge is 2.28. The largest absolute Gasteiger partial charge is 0.454 e. The van der Waals surface area contributed by atoms with E-state index in [1.54, 1.807) is 18.2 Å². The van der Waals surface area contributed by atoms with Gasteiger partial charge in [-0.2, -0.15) is 0 Å². The van der Waals surface area contributed by atoms with Crippen LogP contribution in [0.5, 0.6) is 0 Å². The second kappa shape index (κ2) is 6.88. The molecule has 1 atom stereocenters. The van der Waals surface area contributed by atoms with Crippen LogP contribution in [0.2, 0.25) is 0 Å². The van der Waals surface area contributed by atoms with Gasteiger partial charge in [-0.05, 0) is 41.5 Å². The van der Waals surface area contributed by atoms with E-state index in [9.17, 15) is 9.59 Å². The first-order chi connectivity index (χ1) is 12.7. The smallest absolute Gasteiger partial charge is 0.339 e. The Hall–Kier alpha value is -3.34. The van der Waals surface area contributed by atoms with E-state index < -0.39 is 0 Å². The van der Waals surface area contributed by atoms with E-state index in [1.807, 2.05) is 48.7 Å². The maximum absolute atomic E-state index is 12.4. The topological polar surface area (TPSA) is 71.2 Å². The summed E-state index contributed by atoms with van der Waals surface area (Å²) < 4.78 is 5.55. The molecule has 1 aliphatic rings. The molecule has 1 aromatic heterocycles. The van der Waals surface area contributed by atoms with Crippen LogP contribution >= 0.6 is 0 Å². The first kappa shape index (κ1) is 16.1. The molecule has 5 heteroatoms. The number of aromatic amines is 1. The zero-order valence-corrected chi connectivity index (χ0v) is 14.1. The summed E-state index contributed by atoms with van der Waals surface area (Å²) >= 11 is 0. The van der Waals surface area contributed by atoms with Gasteiger partial charge in [-0.1, -0.05) is 30.3 Å². The van der Waals surface area contributed by atoms with Crippen LogP contribution in [0.3, 0.4) is 0 Å². The Morgan fingerprint density at radius 2 is 1.96 bits per heavy atom. The molecule has 0 spiro atoms. The zero-order valence-electron chi connectivity index (χ0n) is 14.1. The van der Waals surface area contributed by atoms with Gasteiger partial charge in [0.25, 0.3) is 5.91 Å². The molecule has 0 saturated carbocycles. The van der Waals surface area contributed by atoms with Gasteiger partial charge in [0.15, 0.2) is 0 Å². The average Bonchev–Trinajstić information content (AvgIpc) is 3.20. The minimum absolute atomic E-state index is 0.169. The fourth-order valence-electron chi connectivity index (χ4n) is 3.15. The Morgan fingerprint density at radius 3 is 2.73 bits per heavy atom. The Labute approximate surface area is 151 Å². The molecule has 3 aromatic rings. The summed E-state index contributed by atoms with van der Waals surface area (Å²) in [6, 6.07) is 18.6. The van der Waals surface area contributed by atoms with Crippen LogP contribution in [0.4, 0.5) is 0 Å². The number of carbonyl (C=O) groups excluding carboxylic acids is 2. The van der Waals surface area contributed by atoms with Gasteiger partial charge in [0.1, 0.15) is 6.10 Å². The van der Waals surface area contributed by atoms with Gasteiger partial charge in [0.05, 0.1) is 12.1 Å². The number of amides is 1. The van der Waals surface area contributed by atoms with Crippen molar-refractivity contribution in [1.29, 1.82) is 0 Å². The molecule has 0 bridgehead atoms. The number of rotatable bonds is 4. The zero-order chi connectivity index (χ0) is 17.9. The van der Waals surface area contributed by atoms with Crippen molar-refractivity contribution < 1.29 is 14.3 Å². The standard InChI is InChI=1S/C21H18N2O3/c24-20(23-13-17-7-4-10-22-17)15-8-9-18-16(11-15)12-19(26-21(18)25)14-5-2-1-3-6-14/h1-11,19,22H,12-13H2,(H,23,24). The molecule has 26 heavy (non-hydrogen) atoms. The molecular weight excluding hydrogens is 328 g/mol. The molecule has 1 amide bonds. The molecule has 0 aliphatic carbocycles. The first-order valence-corrected chi connectivity index (χ1v) is 8.50. The van der Waals surface area contributed by atoms with Crippen molar-refractivity contribution in [3.8, 4) is 0 Å². The van der Waals surface area contributed by atoms with Crippen molar-refractivity contribution >= 4 is 11.9 Å². The van der Waals surface area contributed by atoms with Gasteiger partial charge in [-0.3, -0.25) is 4.79 Å². The molecule has 5 nitrogen and oxygen atoms in total. The third kappa shape index (κ3) is 3.24. The molecule has 0 saturated heterocycles. The van der Waals surface area contributed by atoms with Crippen molar-refractivity contribution in [2.24, 2.45) is 0 Å². The van der Waals surface area contributed by atoms with Gasteiger partial charge >= 0.3 is 5.97 Å². The van der Waals surface area contributed by atoms with Crippen LogP contribution in [0.1, 0.15) is 43.6 Å². The van der Waals surface area contributed by atoms with Gasteiger partial charge in [-0.25, -0.2) is 4.79 Å². The quantitative estimate of drug-likeness (QED) is 0.711. The minimum Gasteiger partial charge on any atom is -0.454 e. The summed E-state index contributed by atoms with van der Waals surface area (Å²) in [5.74, 6) is -0.518. The molecule has 0 fully saturated rings. The van der Waals surface area contributed by atoms with Crippen LogP contribution in [-0.4, -0.2) is 16.9 Å². The molecule has 4 rings (SSSR count). The van der Waals surface area contributed by atoms with Crippen molar-refractivity contribution in [1.82, 2.24) is 10.3 Å². The summed E-state index contributed by atoms with van der Waals surface area (Å²) in [5, 5.41) is 2.88. The fraction of sp³-hybridized carbons (Fsp3) is 0.143. The van der Waals surface area contributed by atoms with Crippen LogP contribution in [-0.2, 0) is 17.7 Å². The Morgan fingerprint density at radius 1 is 1.12 bits per heavy atom. The van der Waals surface area contributed by atoms with E-state index >= 15 is 0 Å². The van der Waals surface area contributed by atoms with Gasteiger partial charge in [0, 0.05) is 23.9 Å². The first-order valence-electron chi connectivity index (χ1n) is 8.50. The van der Waals surface area contributed by atoms with Gasteiger partial charge in [0.2, 0.25) is 0 Å². The van der Waals surface area contributed by atoms with E-state index in [2.05, 4.69) is 10.3 Å². The molecule has 1 aliphatic heterocycles. The van der Waals surface area contributed by atoms with Gasteiger partial charge < -0.3 is 15.0 Å². The SMILES string of the molecule is O=C(NCc1ccc[nH]1)c1ccc2c(c1)CC(c1ccccc1)OC2=O. The van der Waals surface area contributed by atoms with E-state index in [4.69, 9.17) is 4.74 Å². The summed E-state index contributed by atoms with van der Waals surface area (Å²) in [6.45, 7) is 0.428. The molecular formula is C21H18N2O3. The number of benzene rings is 2. The molecule has 2 N–H and O–H groups in total. The Balaban J connectivity index is 1.54. The second-order valence-corrected chi connectivity index (χ2v) is 6.26. The maximum Gasteiger partial charge on any atom is 0.339 e. The van der Waals surface area contributed by atoms with E-state index in [-0.39, 0.29) is 18.0 Å². The molecule has 1 unspecified atom stereocenters. The maximum atomic E-state index is 12.4. The van der Waals surface area contributed by atoms with Crippen LogP contribution in [0.25, 0.3) is 0 Å². The summed E-state index contributed by atoms with van der Waals surface area (Å²) in [4.78, 5) is 27.8. The number of hydrogen-bond donors (Lipinski definition) is 2. The number of cyclic esters (lactones) is 1. The number of esters is 1. The number of aromatic nitrogens is 1. The summed E-state index contributed by atoms with van der Waals surface area (Å²) in [6.07, 6.45) is 2.05. The molecule has 130 valence electrons. The number of ether oxygens (including phenoxy) is 1. The number of H-pyrrole nitrogens is 1. The number of carbonyl (C=O) groups is 2. The van der Waals surface area contributed by atoms with E-state index in [1.165, 1.54) is 0 Å². The van der Waals surface area contributed by atoms with Crippen molar-refractivity contribution in [2.45, 2.75) is 19.1 Å². The number of nitrogens with one attached hydrogen (secondary N) is 2. The lowest BCUT2D eigenvalue weighted by Crippen LogP contribution is -2.25. The third-order valence-corrected chi connectivity index (χ3v) is 4.52. The second-order valence-electron chi connectivity index (χ2n) is 6.26. The summed E-state index contributed by atoms with van der Waals surface area (Å²) in [7, 11) is 0.